The Labute approximate surface area is 175 Å². The van der Waals surface area contributed by atoms with Crippen LogP contribution in [0.4, 0.5) is 4.39 Å². The van der Waals surface area contributed by atoms with Gasteiger partial charge in [-0.25, -0.2) is 9.37 Å². The van der Waals surface area contributed by atoms with Crippen LogP contribution in [-0.4, -0.2) is 24.5 Å². The van der Waals surface area contributed by atoms with Gasteiger partial charge in [-0.15, -0.1) is 35.3 Å². The molecule has 4 nitrogen and oxygen atoms in total. The summed E-state index contributed by atoms with van der Waals surface area (Å²) in [6, 6.07) is 6.93. The molecule has 0 aliphatic heterocycles. The normalized spacial score (nSPS) is 15.5. The third-order valence-corrected chi connectivity index (χ3v) is 5.80. The third kappa shape index (κ3) is 5.16. The summed E-state index contributed by atoms with van der Waals surface area (Å²) in [5, 5.41) is 9.94. The zero-order valence-corrected chi connectivity index (χ0v) is 18.5. The summed E-state index contributed by atoms with van der Waals surface area (Å²) < 4.78 is 13.5. The Morgan fingerprint density at radius 3 is 2.69 bits per heavy atom. The highest BCUT2D eigenvalue weighted by molar-refractivity contribution is 14.0. The van der Waals surface area contributed by atoms with Crippen molar-refractivity contribution in [3.05, 3.63) is 51.7 Å². The number of hydrogen-bond acceptors (Lipinski definition) is 3. The van der Waals surface area contributed by atoms with Crippen molar-refractivity contribution in [3.63, 3.8) is 0 Å². The van der Waals surface area contributed by atoms with Gasteiger partial charge in [0.05, 0.1) is 17.2 Å². The number of hydrogen-bond donors (Lipinski definition) is 2. The number of nitrogens with zero attached hydrogens (tertiary/aromatic N) is 2. The van der Waals surface area contributed by atoms with Crippen LogP contribution in [0.5, 0.6) is 0 Å². The summed E-state index contributed by atoms with van der Waals surface area (Å²) in [5.74, 6) is 1.04. The topological polar surface area (TPSA) is 49.3 Å². The van der Waals surface area contributed by atoms with Crippen molar-refractivity contribution >= 4 is 41.3 Å². The molecule has 0 saturated heterocycles. The van der Waals surface area contributed by atoms with E-state index < -0.39 is 0 Å². The Kier molecular flexibility index (Phi) is 7.40. The largest absolute Gasteiger partial charge is 0.356 e. The van der Waals surface area contributed by atoms with Crippen LogP contribution in [-0.2, 0) is 12.0 Å². The van der Waals surface area contributed by atoms with Crippen LogP contribution >= 0.6 is 35.3 Å². The molecular weight excluding hydrogens is 462 g/mol. The molecule has 0 bridgehead atoms. The van der Waals surface area contributed by atoms with Crippen LogP contribution in [0.2, 0.25) is 0 Å². The summed E-state index contributed by atoms with van der Waals surface area (Å²) in [4.78, 5) is 8.91. The molecule has 0 radical (unpaired) electrons. The van der Waals surface area contributed by atoms with Gasteiger partial charge in [-0.05, 0) is 30.5 Å². The summed E-state index contributed by atoms with van der Waals surface area (Å²) in [7, 11) is 1.76. The molecule has 1 fully saturated rings. The summed E-state index contributed by atoms with van der Waals surface area (Å²) >= 11 is 1.70. The molecule has 2 N–H and O–H groups in total. The van der Waals surface area contributed by atoms with Crippen molar-refractivity contribution in [2.24, 2.45) is 4.99 Å². The summed E-state index contributed by atoms with van der Waals surface area (Å²) in [6.07, 6.45) is 2.15. The van der Waals surface area contributed by atoms with Crippen molar-refractivity contribution < 1.29 is 4.39 Å². The highest BCUT2D eigenvalue weighted by atomic mass is 127. The smallest absolute Gasteiger partial charge is 0.191 e. The lowest BCUT2D eigenvalue weighted by molar-refractivity contribution is 0.607. The average molecular weight is 488 g/mol. The van der Waals surface area contributed by atoms with Gasteiger partial charge in [0.2, 0.25) is 0 Å². The van der Waals surface area contributed by atoms with Crippen molar-refractivity contribution in [1.82, 2.24) is 15.6 Å². The van der Waals surface area contributed by atoms with E-state index in [1.807, 2.05) is 6.07 Å². The number of nitrogens with one attached hydrogen (secondary N) is 2. The van der Waals surface area contributed by atoms with Crippen LogP contribution in [0, 0.1) is 5.82 Å². The molecule has 2 aromatic rings. The number of aliphatic imine (C=N–C) groups is 1. The lowest BCUT2D eigenvalue weighted by Gasteiger charge is -2.19. The van der Waals surface area contributed by atoms with Crippen LogP contribution in [0.1, 0.15) is 48.9 Å². The van der Waals surface area contributed by atoms with E-state index in [4.69, 9.17) is 0 Å². The lowest BCUT2D eigenvalue weighted by Crippen LogP contribution is -2.41. The highest BCUT2D eigenvalue weighted by Gasteiger charge is 2.44. The molecule has 1 aliphatic rings. The van der Waals surface area contributed by atoms with Gasteiger partial charge in [-0.1, -0.05) is 26.0 Å². The zero-order chi connectivity index (χ0) is 17.9. The Balaban J connectivity index is 0.00000243. The van der Waals surface area contributed by atoms with Crippen LogP contribution in [0.25, 0.3) is 0 Å². The van der Waals surface area contributed by atoms with Gasteiger partial charge in [0.25, 0.3) is 0 Å². The Morgan fingerprint density at radius 1 is 1.35 bits per heavy atom. The molecule has 26 heavy (non-hydrogen) atoms. The first-order chi connectivity index (χ1) is 12.0. The molecule has 0 unspecified atom stereocenters. The predicted molar refractivity (Wildman–Crippen MR) is 117 cm³/mol. The van der Waals surface area contributed by atoms with E-state index in [-0.39, 0.29) is 35.2 Å². The number of benzene rings is 1. The molecule has 1 saturated carbocycles. The summed E-state index contributed by atoms with van der Waals surface area (Å²) in [6.45, 7) is 5.70. The zero-order valence-electron chi connectivity index (χ0n) is 15.4. The fraction of sp³-hybridized carbons (Fsp3) is 0.474. The molecule has 1 aromatic carbocycles. The standard InChI is InChI=1S/C19H25FN4S.HI/c1-13(2)17-24-16(11-25-17)10-22-18(21-3)23-12-19(7-8-19)14-5-4-6-15(20)9-14;/h4-6,9,11,13H,7-8,10,12H2,1-3H3,(H2,21,22,23);1H. The molecule has 1 aromatic heterocycles. The molecular formula is C19H26FIN4S. The molecule has 1 heterocycles. The first-order valence-electron chi connectivity index (χ1n) is 8.67. The maximum absolute atomic E-state index is 13.5. The first-order valence-corrected chi connectivity index (χ1v) is 9.55. The highest BCUT2D eigenvalue weighted by Crippen LogP contribution is 2.47. The van der Waals surface area contributed by atoms with Crippen molar-refractivity contribution in [2.75, 3.05) is 13.6 Å². The number of rotatable bonds is 6. The molecule has 1 aliphatic carbocycles. The van der Waals surface area contributed by atoms with Gasteiger partial charge < -0.3 is 10.6 Å². The fourth-order valence-electron chi connectivity index (χ4n) is 2.85. The average Bonchev–Trinajstić information content (AvgIpc) is 3.24. The Bertz CT molecular complexity index is 756. The van der Waals surface area contributed by atoms with E-state index in [1.54, 1.807) is 30.5 Å². The van der Waals surface area contributed by atoms with Crippen molar-refractivity contribution in [2.45, 2.75) is 44.6 Å². The Hall–Kier alpha value is -1.22. The Morgan fingerprint density at radius 2 is 2.12 bits per heavy atom. The van der Waals surface area contributed by atoms with Gasteiger partial charge >= 0.3 is 0 Å². The number of halogens is 2. The van der Waals surface area contributed by atoms with Crippen LogP contribution in [0.3, 0.4) is 0 Å². The minimum atomic E-state index is -0.171. The van der Waals surface area contributed by atoms with E-state index in [0.717, 1.165) is 41.6 Å². The fourth-order valence-corrected chi connectivity index (χ4v) is 3.69. The van der Waals surface area contributed by atoms with Gasteiger partial charge in [-0.2, -0.15) is 0 Å². The maximum Gasteiger partial charge on any atom is 0.191 e. The van der Waals surface area contributed by atoms with Crippen LogP contribution in [0.15, 0.2) is 34.6 Å². The number of guanidine groups is 1. The maximum atomic E-state index is 13.5. The molecule has 3 rings (SSSR count). The monoisotopic (exact) mass is 488 g/mol. The first kappa shape index (κ1) is 21.1. The molecule has 7 heteroatoms. The van der Waals surface area contributed by atoms with E-state index >= 15 is 0 Å². The van der Waals surface area contributed by atoms with E-state index in [0.29, 0.717) is 12.5 Å². The number of thiazole rings is 1. The second-order valence-corrected chi connectivity index (χ2v) is 7.79. The quantitative estimate of drug-likeness (QED) is 0.360. The van der Waals surface area contributed by atoms with E-state index in [2.05, 4.69) is 39.8 Å². The predicted octanol–water partition coefficient (Wildman–Crippen LogP) is 4.42. The lowest BCUT2D eigenvalue weighted by atomic mass is 9.96. The second kappa shape index (κ2) is 9.12. The van der Waals surface area contributed by atoms with Gasteiger partial charge in [0, 0.05) is 30.3 Å². The molecule has 0 spiro atoms. The van der Waals surface area contributed by atoms with Gasteiger partial charge in [0.1, 0.15) is 5.82 Å². The molecule has 142 valence electrons. The molecule has 0 amide bonds. The van der Waals surface area contributed by atoms with Gasteiger partial charge in [0.15, 0.2) is 5.96 Å². The van der Waals surface area contributed by atoms with Crippen molar-refractivity contribution in [3.8, 4) is 0 Å². The second-order valence-electron chi connectivity index (χ2n) is 6.90. The summed E-state index contributed by atoms with van der Waals surface area (Å²) in [5.41, 5.74) is 2.13. The SMILES string of the molecule is CN=C(NCc1csc(C(C)C)n1)NCC1(c2cccc(F)c2)CC1.I. The van der Waals surface area contributed by atoms with Crippen LogP contribution < -0.4 is 10.6 Å². The molecule has 0 atom stereocenters. The van der Waals surface area contributed by atoms with E-state index in [9.17, 15) is 4.39 Å². The number of aromatic nitrogens is 1. The van der Waals surface area contributed by atoms with Crippen molar-refractivity contribution in [1.29, 1.82) is 0 Å². The van der Waals surface area contributed by atoms with Gasteiger partial charge in [-0.3, -0.25) is 4.99 Å². The minimum Gasteiger partial charge on any atom is -0.356 e. The van der Waals surface area contributed by atoms with E-state index in [1.165, 1.54) is 6.07 Å². The minimum absolute atomic E-state index is 0. The third-order valence-electron chi connectivity index (χ3n) is 4.61.